The molecule has 2 aromatic rings. The number of piperazine rings is 1. The summed E-state index contributed by atoms with van der Waals surface area (Å²) in [5.41, 5.74) is 3.08. The largest absolute Gasteiger partial charge is 0.379 e. The first-order valence-electron chi connectivity index (χ1n) is 12.5. The van der Waals surface area contributed by atoms with Gasteiger partial charge < -0.3 is 19.9 Å². The van der Waals surface area contributed by atoms with E-state index in [4.69, 9.17) is 15.0 Å². The molecule has 9 nitrogen and oxygen atoms in total. The zero-order valence-electron chi connectivity index (χ0n) is 20.1. The van der Waals surface area contributed by atoms with E-state index in [-0.39, 0.29) is 18.5 Å². The molecule has 3 aliphatic heterocycles. The number of amides is 1. The number of aromatic nitrogens is 1. The zero-order valence-corrected chi connectivity index (χ0v) is 20.9. The standard InChI is InChI=1S/C25H33N7O2S/c26-7-8-27-24(33)23-6-1-2-9-32(23)21-5-3-4-20(18-21)22-19-35-25(28-22)29-10-12-30(13-11-29)31-14-16-34-17-15-31/h3-5,18-19,23H,1-2,6,8-17H2,(H,27,33). The van der Waals surface area contributed by atoms with Gasteiger partial charge in [-0.2, -0.15) is 5.26 Å². The Morgan fingerprint density at radius 1 is 1.11 bits per heavy atom. The maximum absolute atomic E-state index is 12.7. The van der Waals surface area contributed by atoms with Gasteiger partial charge in [0.1, 0.15) is 12.6 Å². The number of nitrogens with zero attached hydrogens (tertiary/aromatic N) is 6. The highest BCUT2D eigenvalue weighted by atomic mass is 32.1. The predicted molar refractivity (Wildman–Crippen MR) is 137 cm³/mol. The third-order valence-electron chi connectivity index (χ3n) is 7.03. The van der Waals surface area contributed by atoms with E-state index >= 15 is 0 Å². The minimum atomic E-state index is -0.235. The molecule has 3 saturated heterocycles. The Balaban J connectivity index is 1.25. The summed E-state index contributed by atoms with van der Waals surface area (Å²) in [6.07, 6.45) is 2.89. The molecule has 186 valence electrons. The molecule has 0 spiro atoms. The second kappa shape index (κ2) is 11.4. The van der Waals surface area contributed by atoms with Crippen LogP contribution in [0.1, 0.15) is 19.3 Å². The van der Waals surface area contributed by atoms with E-state index in [1.165, 1.54) is 0 Å². The number of carbonyl (C=O) groups excluding carboxylic acids is 1. The maximum Gasteiger partial charge on any atom is 0.243 e. The molecule has 1 atom stereocenters. The fraction of sp³-hybridized carbons (Fsp3) is 0.560. The lowest BCUT2D eigenvalue weighted by molar-refractivity contribution is -0.122. The summed E-state index contributed by atoms with van der Waals surface area (Å²) in [5, 5.41) is 19.7. The summed E-state index contributed by atoms with van der Waals surface area (Å²) < 4.78 is 5.48. The van der Waals surface area contributed by atoms with Crippen molar-refractivity contribution in [3.8, 4) is 17.3 Å². The van der Waals surface area contributed by atoms with Crippen molar-refractivity contribution in [1.29, 1.82) is 5.26 Å². The van der Waals surface area contributed by atoms with Gasteiger partial charge in [-0.15, -0.1) is 11.3 Å². The number of hydrazine groups is 1. The van der Waals surface area contributed by atoms with Crippen molar-refractivity contribution in [2.75, 3.05) is 75.4 Å². The van der Waals surface area contributed by atoms with E-state index in [0.717, 1.165) is 100 Å². The third kappa shape index (κ3) is 5.59. The normalized spacial score (nSPS) is 22.1. The molecule has 1 unspecified atom stereocenters. The molecule has 1 aromatic heterocycles. The van der Waals surface area contributed by atoms with E-state index in [0.29, 0.717) is 0 Å². The summed E-state index contributed by atoms with van der Waals surface area (Å²) in [5.74, 6) is -0.0659. The van der Waals surface area contributed by atoms with Gasteiger partial charge in [0.05, 0.1) is 25.0 Å². The highest BCUT2D eigenvalue weighted by Crippen LogP contribution is 2.32. The van der Waals surface area contributed by atoms with Crippen molar-refractivity contribution in [3.05, 3.63) is 29.6 Å². The summed E-state index contributed by atoms with van der Waals surface area (Å²) in [6, 6.07) is 10.1. The molecule has 0 aliphatic carbocycles. The Kier molecular flexibility index (Phi) is 7.79. The lowest BCUT2D eigenvalue weighted by Crippen LogP contribution is -2.56. The highest BCUT2D eigenvalue weighted by Gasteiger charge is 2.29. The Morgan fingerprint density at radius 2 is 1.91 bits per heavy atom. The van der Waals surface area contributed by atoms with Crippen molar-refractivity contribution in [2.24, 2.45) is 0 Å². The first kappa shape index (κ1) is 24.0. The molecule has 1 N–H and O–H groups in total. The first-order chi connectivity index (χ1) is 17.2. The number of hydrogen-bond acceptors (Lipinski definition) is 9. The van der Waals surface area contributed by atoms with Crippen LogP contribution in [0, 0.1) is 11.3 Å². The number of benzene rings is 1. The molecule has 0 saturated carbocycles. The minimum absolute atomic E-state index is 0.0471. The van der Waals surface area contributed by atoms with Crippen LogP contribution in [0.15, 0.2) is 29.6 Å². The molecule has 4 heterocycles. The Morgan fingerprint density at radius 3 is 2.71 bits per heavy atom. The molecule has 1 aromatic carbocycles. The molecule has 1 amide bonds. The van der Waals surface area contributed by atoms with Gasteiger partial charge in [-0.3, -0.25) is 4.79 Å². The van der Waals surface area contributed by atoms with Crippen LogP contribution in [0.2, 0.25) is 0 Å². The van der Waals surface area contributed by atoms with Gasteiger partial charge in [-0.05, 0) is 31.4 Å². The van der Waals surface area contributed by atoms with E-state index in [1.54, 1.807) is 11.3 Å². The zero-order chi connectivity index (χ0) is 24.0. The number of carbonyl (C=O) groups is 1. The Bertz CT molecular complexity index is 1040. The molecule has 5 rings (SSSR count). The van der Waals surface area contributed by atoms with Crippen molar-refractivity contribution in [2.45, 2.75) is 25.3 Å². The fourth-order valence-electron chi connectivity index (χ4n) is 5.15. The predicted octanol–water partition coefficient (Wildman–Crippen LogP) is 2.18. The molecule has 10 heteroatoms. The number of hydrogen-bond donors (Lipinski definition) is 1. The number of anilines is 2. The average molecular weight is 496 g/mol. The topological polar surface area (TPSA) is 88.0 Å². The quantitative estimate of drug-likeness (QED) is 0.610. The lowest BCUT2D eigenvalue weighted by Gasteiger charge is -2.42. The second-order valence-corrected chi connectivity index (χ2v) is 9.99. The van der Waals surface area contributed by atoms with E-state index < -0.39 is 0 Å². The molecule has 3 fully saturated rings. The van der Waals surface area contributed by atoms with E-state index in [9.17, 15) is 4.79 Å². The molecule has 0 radical (unpaired) electrons. The van der Waals surface area contributed by atoms with Crippen LogP contribution >= 0.6 is 11.3 Å². The second-order valence-electron chi connectivity index (χ2n) is 9.15. The van der Waals surface area contributed by atoms with Gasteiger partial charge in [0.15, 0.2) is 5.13 Å². The van der Waals surface area contributed by atoms with Crippen molar-refractivity contribution >= 4 is 28.1 Å². The fourth-order valence-corrected chi connectivity index (χ4v) is 6.04. The van der Waals surface area contributed by atoms with Crippen LogP contribution in [-0.2, 0) is 9.53 Å². The Labute approximate surface area is 210 Å². The number of piperidine rings is 1. The van der Waals surface area contributed by atoms with Crippen LogP contribution in [0.5, 0.6) is 0 Å². The first-order valence-corrected chi connectivity index (χ1v) is 13.4. The molecular weight excluding hydrogens is 462 g/mol. The third-order valence-corrected chi connectivity index (χ3v) is 7.93. The SMILES string of the molecule is N#CCNC(=O)C1CCCCN1c1cccc(-c2csc(N3CCN(N4CCOCC4)CC3)n2)c1. The summed E-state index contributed by atoms with van der Waals surface area (Å²) in [7, 11) is 0. The van der Waals surface area contributed by atoms with Crippen LogP contribution in [0.25, 0.3) is 11.3 Å². The van der Waals surface area contributed by atoms with Gasteiger partial charge >= 0.3 is 0 Å². The van der Waals surface area contributed by atoms with Crippen molar-refractivity contribution < 1.29 is 9.53 Å². The molecule has 0 bridgehead atoms. The summed E-state index contributed by atoms with van der Waals surface area (Å²) in [6.45, 7) is 8.44. The smallest absolute Gasteiger partial charge is 0.243 e. The molecular formula is C25H33N7O2S. The maximum atomic E-state index is 12.7. The highest BCUT2D eigenvalue weighted by molar-refractivity contribution is 7.14. The van der Waals surface area contributed by atoms with Crippen molar-refractivity contribution in [3.63, 3.8) is 0 Å². The summed E-state index contributed by atoms with van der Waals surface area (Å²) >= 11 is 1.70. The number of morpholine rings is 1. The molecule has 35 heavy (non-hydrogen) atoms. The number of nitriles is 1. The van der Waals surface area contributed by atoms with E-state index in [1.807, 2.05) is 12.1 Å². The lowest BCUT2D eigenvalue weighted by atomic mass is 9.99. The number of thiazole rings is 1. The van der Waals surface area contributed by atoms with Gasteiger partial charge in [0.2, 0.25) is 5.91 Å². The van der Waals surface area contributed by atoms with Crippen LogP contribution in [0.4, 0.5) is 10.8 Å². The Hall–Kier alpha value is -2.71. The van der Waals surface area contributed by atoms with Gasteiger partial charge in [-0.1, -0.05) is 12.1 Å². The van der Waals surface area contributed by atoms with E-state index in [2.05, 4.69) is 48.7 Å². The van der Waals surface area contributed by atoms with Crippen LogP contribution in [-0.4, -0.2) is 92.5 Å². The number of rotatable bonds is 6. The number of nitrogens with one attached hydrogen (secondary N) is 1. The van der Waals surface area contributed by atoms with Gasteiger partial charge in [-0.25, -0.2) is 15.0 Å². The van der Waals surface area contributed by atoms with Crippen LogP contribution in [0.3, 0.4) is 0 Å². The van der Waals surface area contributed by atoms with Gasteiger partial charge in [0.25, 0.3) is 0 Å². The summed E-state index contributed by atoms with van der Waals surface area (Å²) in [4.78, 5) is 22.2. The minimum Gasteiger partial charge on any atom is -0.379 e. The molecule has 3 aliphatic rings. The number of ether oxygens (including phenoxy) is 1. The van der Waals surface area contributed by atoms with Crippen molar-refractivity contribution in [1.82, 2.24) is 20.3 Å². The average Bonchev–Trinajstić information content (AvgIpc) is 3.43. The monoisotopic (exact) mass is 495 g/mol. The van der Waals surface area contributed by atoms with Crippen LogP contribution < -0.4 is 15.1 Å². The van der Waals surface area contributed by atoms with Gasteiger partial charge in [0, 0.05) is 62.4 Å².